The van der Waals surface area contributed by atoms with E-state index in [9.17, 15) is 83.0 Å². The van der Waals surface area contributed by atoms with Crippen LogP contribution in [0.4, 0.5) is 22.4 Å². The van der Waals surface area contributed by atoms with Crippen LogP contribution >= 0.6 is 11.6 Å². The summed E-state index contributed by atoms with van der Waals surface area (Å²) in [6.07, 6.45) is 14.3. The molecule has 1 amide bonds. The molecule has 0 saturated heterocycles. The number of carbonyl (C=O) groups is 4. The minimum Gasteiger partial charge on any atom is -0.465 e. The summed E-state index contributed by atoms with van der Waals surface area (Å²) >= 11 is 4.15. The third kappa shape index (κ3) is 52.1. The molecular formula is C97H168ClF4NO18S10. The topological polar surface area (TPSA) is 296 Å². The van der Waals surface area contributed by atoms with Gasteiger partial charge in [0.15, 0.2) is 15.6 Å². The molecule has 764 valence electrons. The molecule has 131 heavy (non-hydrogen) atoms. The van der Waals surface area contributed by atoms with Crippen molar-refractivity contribution in [1.29, 1.82) is 0 Å². The molecule has 0 radical (unpaired) electrons. The molecule has 34 heteroatoms. The first-order valence-electron chi connectivity index (χ1n) is 44.9. The predicted octanol–water partition coefficient (Wildman–Crippen LogP) is 22.7. The first kappa shape index (κ1) is 130. The average molecular weight is 2070 g/mol. The van der Waals surface area contributed by atoms with Gasteiger partial charge in [-0.15, -0.1) is 0 Å². The van der Waals surface area contributed by atoms with E-state index in [4.69, 9.17) is 14.2 Å². The van der Waals surface area contributed by atoms with Gasteiger partial charge < -0.3 is 19.5 Å². The second-order valence-corrected chi connectivity index (χ2v) is 68.7. The maximum atomic E-state index is 12.8. The number of nitrogens with one attached hydrogen (secondary N) is 1. The number of rotatable bonds is 22. The highest BCUT2D eigenvalue weighted by molar-refractivity contribution is 7.93. The number of ether oxygens (including phenoxy) is 3. The van der Waals surface area contributed by atoms with Gasteiger partial charge in [-0.2, -0.15) is 17.6 Å². The fraction of sp³-hybridized carbons (Fsp3) is 0.773. The third-order valence-corrected chi connectivity index (χ3v) is 40.4. The lowest BCUT2D eigenvalue weighted by Crippen LogP contribution is -2.55. The molecule has 0 spiro atoms. The lowest BCUT2D eigenvalue weighted by Gasteiger charge is -2.57. The number of alkyl carbamates (subject to hydrolysis) is 1. The molecule has 9 atom stereocenters. The zero-order chi connectivity index (χ0) is 103. The van der Waals surface area contributed by atoms with Crippen molar-refractivity contribution in [2.45, 2.75) is 416 Å². The molecular weight excluding hydrogens is 1900 g/mol. The summed E-state index contributed by atoms with van der Waals surface area (Å²) in [4.78, 5) is 46.1. The standard InChI is InChI=1S/C14H24OS.C13H18O2S.C12H18O3S2.C11H23NO3S.C11H16OS.2C10H20O3S.C10H20OS.C6H9ClF4OS/c1-13(2,3)16(15)14-7-10-4-11(8-14)6-12(5-10)9-14;1-13(2,3)16(15)10-9-12(14)11-7-5-4-6-8-11;1-12(2,3)16(13)9-10-17(14,15)11-7-5-4-6-8-11;1-10(2,3)15-9(13)12-7-8-16(14)11(4,5)6;1-11(2,3)13(12)9-10-7-5-4-6-8-10;1-9(2,3)13-8(11)7-14(12)10(4,5)6;1-7-13-8(11)10(5,6)14(12)9(2,3)4;1-10(2,3)12(11)9-7-5-4-6-8-9;1-4(2,3)13(12)6(10,11)5(7,8)9/h10-12H,4-9H2,1-3H3;4-8H,9-10H2,1-3H3;4-8H,9-10H2,1-3H3;7-8H2,1-6H3,(H,12,13);4-8H,9H2,1-3H3;2*7H2,1-6H3;9H,4-8H2,1-3H3;1-3H3. The first-order chi connectivity index (χ1) is 58.6. The molecule has 9 unspecified atom stereocenters. The van der Waals surface area contributed by atoms with Crippen molar-refractivity contribution in [3.8, 4) is 0 Å². The van der Waals surface area contributed by atoms with Crippen molar-refractivity contribution >= 4 is 142 Å². The Labute approximate surface area is 816 Å². The van der Waals surface area contributed by atoms with Crippen LogP contribution in [-0.4, -0.2) is 191 Å². The van der Waals surface area contributed by atoms with Crippen molar-refractivity contribution in [3.63, 3.8) is 0 Å². The Morgan fingerprint density at radius 1 is 0.450 bits per heavy atom. The van der Waals surface area contributed by atoms with Crippen LogP contribution in [0.2, 0.25) is 0 Å². The summed E-state index contributed by atoms with van der Waals surface area (Å²) in [7, 11) is -13.9. The monoisotopic (exact) mass is 2070 g/mol. The van der Waals surface area contributed by atoms with Crippen LogP contribution in [-0.2, 0) is 137 Å². The minimum absolute atomic E-state index is 0.0119. The average Bonchev–Trinajstić information content (AvgIpc) is 0.729. The summed E-state index contributed by atoms with van der Waals surface area (Å²) < 4.78 is 191. The van der Waals surface area contributed by atoms with Gasteiger partial charge in [-0.1, -0.05) is 98.1 Å². The van der Waals surface area contributed by atoms with Gasteiger partial charge in [0.05, 0.1) is 17.3 Å². The van der Waals surface area contributed by atoms with Crippen LogP contribution < -0.4 is 5.32 Å². The molecule has 0 aromatic heterocycles. The molecule has 5 aliphatic carbocycles. The van der Waals surface area contributed by atoms with Gasteiger partial charge >= 0.3 is 28.7 Å². The quantitative estimate of drug-likeness (QED) is 0.0321. The molecule has 5 aliphatic rings. The van der Waals surface area contributed by atoms with Gasteiger partial charge in [-0.25, -0.2) is 13.2 Å². The number of sulfone groups is 1. The van der Waals surface area contributed by atoms with E-state index in [1.54, 1.807) is 105 Å². The lowest BCUT2D eigenvalue weighted by molar-refractivity contribution is -0.151. The molecule has 5 saturated carbocycles. The van der Waals surface area contributed by atoms with Crippen LogP contribution in [0, 0.1) is 17.8 Å². The number of benzene rings is 3. The molecule has 0 aliphatic heterocycles. The number of amides is 1. The van der Waals surface area contributed by atoms with Crippen molar-refractivity contribution in [2.24, 2.45) is 17.8 Å². The van der Waals surface area contributed by atoms with Crippen LogP contribution in [0.25, 0.3) is 0 Å². The summed E-state index contributed by atoms with van der Waals surface area (Å²) in [5.41, 5.74) is 0.857. The van der Waals surface area contributed by atoms with E-state index < -0.39 is 161 Å². The van der Waals surface area contributed by atoms with Gasteiger partial charge in [0, 0.05) is 181 Å². The fourth-order valence-electron chi connectivity index (χ4n) is 13.3. The maximum absolute atomic E-state index is 12.8. The van der Waals surface area contributed by atoms with Crippen LogP contribution in [0.15, 0.2) is 95.9 Å². The van der Waals surface area contributed by atoms with Gasteiger partial charge in [-0.05, 0) is 348 Å². The van der Waals surface area contributed by atoms with Gasteiger partial charge in [0.1, 0.15) is 32.5 Å². The zero-order valence-electron chi connectivity index (χ0n) is 85.9. The number of carbonyl (C=O) groups excluding carboxylic acids is 4. The second-order valence-electron chi connectivity index (χ2n) is 44.5. The summed E-state index contributed by atoms with van der Waals surface area (Å²) in [5, 5.41) is -6.43. The molecule has 3 aromatic rings. The van der Waals surface area contributed by atoms with Crippen LogP contribution in [0.3, 0.4) is 0 Å². The molecule has 3 aromatic carbocycles. The number of hydrogen-bond donors (Lipinski definition) is 1. The van der Waals surface area contributed by atoms with Crippen molar-refractivity contribution in [1.82, 2.24) is 5.32 Å². The first-order valence-corrected chi connectivity index (χ1v) is 58.2. The lowest BCUT2D eigenvalue weighted by atomic mass is 9.56. The zero-order valence-corrected chi connectivity index (χ0v) is 94.9. The van der Waals surface area contributed by atoms with E-state index in [2.05, 4.69) is 58.5 Å². The largest absolute Gasteiger partial charge is 0.465 e. The Kier molecular flexibility index (Phi) is 54.1. The van der Waals surface area contributed by atoms with E-state index in [1.165, 1.54) is 91.4 Å². The fourth-order valence-corrected chi connectivity index (χ4v) is 26.9. The maximum Gasteiger partial charge on any atom is 0.407 e. The number of Topliss-reactive ketones (excluding diaryl/α,β-unsaturated/α-hetero) is 1. The third-order valence-electron chi connectivity index (χ3n) is 19.7. The SMILES string of the molecule is CC(C)(C)OC(=O)CS(=O)C(C)(C)C.CC(C)(C)OC(=O)NCCS(=O)C(C)(C)C.CC(C)(C)S(=O)C(F)(F)C(F)(F)Cl.CC(C)(C)S(=O)C12CC3CC(CC(C3)C1)C2.CC(C)(C)S(=O)C1CCCCC1.CC(C)(C)S(=O)CCC(=O)c1ccccc1.CC(C)(C)S(=O)CCS(=O)(=O)c1ccccc1.CC(C)(C)S(=O)Cc1ccccc1.CCOC(=O)C(C)(C)S(=O)C(C)(C)C. The minimum atomic E-state index is -4.79. The number of ketones is 1. The highest BCUT2D eigenvalue weighted by Gasteiger charge is 2.62. The summed E-state index contributed by atoms with van der Waals surface area (Å²) in [6.45, 7) is 66.9. The molecule has 8 rings (SSSR count). The van der Waals surface area contributed by atoms with Gasteiger partial charge in [0.25, 0.3) is 0 Å². The Balaban J connectivity index is 0. The Morgan fingerprint density at radius 3 is 1.17 bits per heavy atom. The molecule has 0 heterocycles. The van der Waals surface area contributed by atoms with E-state index >= 15 is 0 Å². The second kappa shape index (κ2) is 54.6. The number of alkyl halides is 5. The smallest absolute Gasteiger partial charge is 0.407 e. The van der Waals surface area contributed by atoms with Crippen molar-refractivity contribution in [2.75, 3.05) is 41.9 Å². The van der Waals surface area contributed by atoms with Crippen molar-refractivity contribution in [3.05, 3.63) is 102 Å². The number of esters is 2. The molecule has 1 N–H and O–H groups in total. The highest BCUT2D eigenvalue weighted by Crippen LogP contribution is 2.59. The predicted molar refractivity (Wildman–Crippen MR) is 549 cm³/mol. The Bertz CT molecular complexity index is 4300. The summed E-state index contributed by atoms with van der Waals surface area (Å²) in [5.74, 6) is 3.65. The number of hydrogen-bond acceptors (Lipinski definition) is 18. The Hall–Kier alpha value is -3.15. The van der Waals surface area contributed by atoms with Crippen LogP contribution in [0.1, 0.15) is 342 Å². The highest BCUT2D eigenvalue weighted by atomic mass is 35.5. The van der Waals surface area contributed by atoms with E-state index in [0.717, 1.165) is 23.3 Å². The molecule has 19 nitrogen and oxygen atoms in total. The van der Waals surface area contributed by atoms with Crippen molar-refractivity contribution < 1.29 is 97.2 Å². The van der Waals surface area contributed by atoms with E-state index in [1.807, 2.05) is 173 Å². The van der Waals surface area contributed by atoms with E-state index in [-0.39, 0.29) is 61.0 Å². The van der Waals surface area contributed by atoms with Crippen LogP contribution in [0.5, 0.6) is 0 Å². The number of halogens is 5. The van der Waals surface area contributed by atoms with E-state index in [0.29, 0.717) is 52.5 Å². The summed E-state index contributed by atoms with van der Waals surface area (Å²) in [6, 6.07) is 27.4. The molecule has 5 fully saturated rings. The Morgan fingerprint density at radius 2 is 0.824 bits per heavy atom. The van der Waals surface area contributed by atoms with Gasteiger partial charge in [-0.3, -0.25) is 52.3 Å². The normalized spacial score (nSPS) is 19.7. The molecule has 4 bridgehead atoms. The van der Waals surface area contributed by atoms with Gasteiger partial charge in [0.2, 0.25) is 0 Å².